The summed E-state index contributed by atoms with van der Waals surface area (Å²) in [5.74, 6) is 1.65. The summed E-state index contributed by atoms with van der Waals surface area (Å²) < 4.78 is 4.28. The minimum absolute atomic E-state index is 0.0706. The van der Waals surface area contributed by atoms with E-state index in [2.05, 4.69) is 28.6 Å². The van der Waals surface area contributed by atoms with Gasteiger partial charge in [0, 0.05) is 26.7 Å². The maximum absolute atomic E-state index is 13.0. The molecule has 0 saturated carbocycles. The zero-order valence-corrected chi connectivity index (χ0v) is 15.8. The van der Waals surface area contributed by atoms with Crippen LogP contribution in [0, 0.1) is 12.8 Å². The van der Waals surface area contributed by atoms with Crippen molar-refractivity contribution in [2.45, 2.75) is 39.8 Å². The van der Waals surface area contributed by atoms with E-state index in [-0.39, 0.29) is 17.6 Å². The molecule has 140 valence electrons. The van der Waals surface area contributed by atoms with Gasteiger partial charge in [0.05, 0.1) is 12.6 Å². The second kappa shape index (κ2) is 6.54. The lowest BCUT2D eigenvalue weighted by Crippen LogP contribution is -2.45. The highest BCUT2D eigenvalue weighted by atomic mass is 16.2. The molecule has 2 aromatic rings. The Hall–Kier alpha value is -2.71. The first-order valence-electron chi connectivity index (χ1n) is 8.67. The molecule has 3 heterocycles. The Morgan fingerprint density at radius 3 is 2.58 bits per heavy atom. The Kier molecular flexibility index (Phi) is 4.55. The number of fused-ring (bicyclic) bond motifs is 1. The van der Waals surface area contributed by atoms with E-state index in [0.717, 1.165) is 22.6 Å². The standard InChI is InChI=1S/C17H24N6O3/c1-10(2)6-12-8-22(9-14-19-18-11(3)23(12)14)16(25)13-7-15(24)21(5)17(26)20(13)4/h7,10,12H,6,8-9H2,1-5H3/t12-/m0/s1. The molecule has 0 saturated heterocycles. The van der Waals surface area contributed by atoms with Gasteiger partial charge < -0.3 is 9.47 Å². The largest absolute Gasteiger partial charge is 0.331 e. The van der Waals surface area contributed by atoms with E-state index in [4.69, 9.17) is 0 Å². The van der Waals surface area contributed by atoms with Crippen molar-refractivity contribution in [3.05, 3.63) is 44.2 Å². The van der Waals surface area contributed by atoms with E-state index in [1.54, 1.807) is 4.90 Å². The Bertz CT molecular complexity index is 968. The summed E-state index contributed by atoms with van der Waals surface area (Å²) in [5, 5.41) is 8.34. The Morgan fingerprint density at radius 1 is 1.23 bits per heavy atom. The number of amides is 1. The van der Waals surface area contributed by atoms with E-state index in [1.807, 2.05) is 6.92 Å². The molecule has 1 amide bonds. The van der Waals surface area contributed by atoms with Crippen LogP contribution in [0.1, 0.15) is 48.4 Å². The van der Waals surface area contributed by atoms with Gasteiger partial charge in [0.15, 0.2) is 5.82 Å². The number of hydrogen-bond acceptors (Lipinski definition) is 5. The normalized spacial score (nSPS) is 16.8. The number of aryl methyl sites for hydroxylation is 1. The quantitative estimate of drug-likeness (QED) is 0.781. The predicted octanol–water partition coefficient (Wildman–Crippen LogP) is 0.227. The number of rotatable bonds is 3. The first kappa shape index (κ1) is 18.1. The topological polar surface area (TPSA) is 95.0 Å². The van der Waals surface area contributed by atoms with E-state index in [0.29, 0.717) is 19.0 Å². The van der Waals surface area contributed by atoms with Crippen LogP contribution in [0.2, 0.25) is 0 Å². The van der Waals surface area contributed by atoms with Gasteiger partial charge in [-0.05, 0) is 19.3 Å². The molecule has 0 fully saturated rings. The molecule has 0 aromatic carbocycles. The fraction of sp³-hybridized carbons (Fsp3) is 0.588. The molecule has 0 spiro atoms. The summed E-state index contributed by atoms with van der Waals surface area (Å²) in [7, 11) is 2.89. The van der Waals surface area contributed by atoms with Crippen molar-refractivity contribution in [3.8, 4) is 0 Å². The first-order valence-corrected chi connectivity index (χ1v) is 8.67. The first-order chi connectivity index (χ1) is 12.2. The molecule has 0 unspecified atom stereocenters. The van der Waals surface area contributed by atoms with Crippen LogP contribution in [0.5, 0.6) is 0 Å². The van der Waals surface area contributed by atoms with Crippen LogP contribution in [0.15, 0.2) is 15.7 Å². The maximum atomic E-state index is 13.0. The molecule has 1 aliphatic rings. The molecule has 0 N–H and O–H groups in total. The Labute approximate surface area is 150 Å². The van der Waals surface area contributed by atoms with Gasteiger partial charge >= 0.3 is 5.69 Å². The van der Waals surface area contributed by atoms with E-state index in [1.165, 1.54) is 24.7 Å². The lowest BCUT2D eigenvalue weighted by atomic mass is 10.0. The lowest BCUT2D eigenvalue weighted by molar-refractivity contribution is 0.0648. The van der Waals surface area contributed by atoms with Gasteiger partial charge in [-0.2, -0.15) is 0 Å². The Morgan fingerprint density at radius 2 is 1.92 bits per heavy atom. The van der Waals surface area contributed by atoms with Gasteiger partial charge in [-0.3, -0.25) is 18.7 Å². The minimum atomic E-state index is -0.518. The molecule has 1 atom stereocenters. The summed E-state index contributed by atoms with van der Waals surface area (Å²) in [4.78, 5) is 38.8. The predicted molar refractivity (Wildman–Crippen MR) is 94.9 cm³/mol. The zero-order valence-electron chi connectivity index (χ0n) is 15.8. The third-order valence-corrected chi connectivity index (χ3v) is 4.84. The van der Waals surface area contributed by atoms with E-state index < -0.39 is 11.2 Å². The van der Waals surface area contributed by atoms with Gasteiger partial charge in [0.25, 0.3) is 11.5 Å². The van der Waals surface area contributed by atoms with Gasteiger partial charge in [-0.1, -0.05) is 13.8 Å². The summed E-state index contributed by atoms with van der Waals surface area (Å²) >= 11 is 0. The van der Waals surface area contributed by atoms with E-state index >= 15 is 0 Å². The molecule has 26 heavy (non-hydrogen) atoms. The third-order valence-electron chi connectivity index (χ3n) is 4.84. The van der Waals surface area contributed by atoms with Crippen molar-refractivity contribution in [1.82, 2.24) is 28.8 Å². The number of carbonyl (C=O) groups excluding carboxylic acids is 1. The van der Waals surface area contributed by atoms with Gasteiger partial charge in [-0.25, -0.2) is 4.79 Å². The third kappa shape index (κ3) is 2.97. The molecule has 0 aliphatic carbocycles. The average Bonchev–Trinajstić information content (AvgIpc) is 2.96. The van der Waals surface area contributed by atoms with Crippen molar-refractivity contribution < 1.29 is 4.79 Å². The summed E-state index contributed by atoms with van der Waals surface area (Å²) in [5.41, 5.74) is -0.923. The number of nitrogens with zero attached hydrogens (tertiary/aromatic N) is 6. The maximum Gasteiger partial charge on any atom is 0.331 e. The summed E-state index contributed by atoms with van der Waals surface area (Å²) in [6, 6.07) is 1.28. The second-order valence-corrected chi connectivity index (χ2v) is 7.27. The van der Waals surface area contributed by atoms with Gasteiger partial charge in [0.1, 0.15) is 11.5 Å². The van der Waals surface area contributed by atoms with Crippen LogP contribution in [0.25, 0.3) is 0 Å². The lowest BCUT2D eigenvalue weighted by Gasteiger charge is -2.35. The fourth-order valence-corrected chi connectivity index (χ4v) is 3.55. The highest BCUT2D eigenvalue weighted by Gasteiger charge is 2.32. The van der Waals surface area contributed by atoms with Gasteiger partial charge in [0.2, 0.25) is 0 Å². The molecule has 3 rings (SSSR count). The number of aromatic nitrogens is 5. The van der Waals surface area contributed by atoms with Crippen molar-refractivity contribution >= 4 is 5.91 Å². The van der Waals surface area contributed by atoms with Crippen molar-refractivity contribution in [2.75, 3.05) is 6.54 Å². The van der Waals surface area contributed by atoms with Crippen LogP contribution in [-0.2, 0) is 20.6 Å². The SMILES string of the molecule is Cc1nnc2n1[C@@H](CC(C)C)CN(C(=O)c1cc(=O)n(C)c(=O)n1C)C2. The highest BCUT2D eigenvalue weighted by molar-refractivity contribution is 5.92. The van der Waals surface area contributed by atoms with Crippen LogP contribution < -0.4 is 11.2 Å². The molecule has 0 bridgehead atoms. The van der Waals surface area contributed by atoms with Crippen LogP contribution >= 0.6 is 0 Å². The second-order valence-electron chi connectivity index (χ2n) is 7.27. The highest BCUT2D eigenvalue weighted by Crippen LogP contribution is 2.27. The van der Waals surface area contributed by atoms with E-state index in [9.17, 15) is 14.4 Å². The number of carbonyl (C=O) groups is 1. The molecular weight excluding hydrogens is 336 g/mol. The molecule has 2 aromatic heterocycles. The zero-order chi connectivity index (χ0) is 19.2. The monoisotopic (exact) mass is 360 g/mol. The Balaban J connectivity index is 1.99. The van der Waals surface area contributed by atoms with Crippen LogP contribution in [0.3, 0.4) is 0 Å². The molecule has 0 radical (unpaired) electrons. The van der Waals surface area contributed by atoms with Crippen LogP contribution in [-0.4, -0.2) is 41.3 Å². The molecule has 9 nitrogen and oxygen atoms in total. The average molecular weight is 360 g/mol. The van der Waals surface area contributed by atoms with Crippen molar-refractivity contribution in [3.63, 3.8) is 0 Å². The summed E-state index contributed by atoms with van der Waals surface area (Å²) in [6.45, 7) is 6.96. The molecule has 9 heteroatoms. The smallest absolute Gasteiger partial charge is 0.328 e. The minimum Gasteiger partial charge on any atom is -0.328 e. The van der Waals surface area contributed by atoms with Gasteiger partial charge in [-0.15, -0.1) is 10.2 Å². The number of hydrogen-bond donors (Lipinski definition) is 0. The fourth-order valence-electron chi connectivity index (χ4n) is 3.55. The van der Waals surface area contributed by atoms with Crippen LogP contribution in [0.4, 0.5) is 0 Å². The molecular formula is C17H24N6O3. The van der Waals surface area contributed by atoms with Crippen molar-refractivity contribution in [2.24, 2.45) is 20.0 Å². The summed E-state index contributed by atoms with van der Waals surface area (Å²) in [6.07, 6.45) is 0.880. The molecule has 1 aliphatic heterocycles. The van der Waals surface area contributed by atoms with Crippen molar-refractivity contribution in [1.29, 1.82) is 0 Å².